The average molecular weight is 269 g/mol. The number of aliphatic hydroxyl groups is 1. The first-order chi connectivity index (χ1) is 9.08. The predicted molar refractivity (Wildman–Crippen MR) is 70.8 cm³/mol. The number of halogens is 2. The summed E-state index contributed by atoms with van der Waals surface area (Å²) in [7, 11) is 2.01. The molecule has 1 aliphatic rings. The maximum Gasteiger partial charge on any atom is 0.164 e. The van der Waals surface area contributed by atoms with Gasteiger partial charge in [-0.1, -0.05) is 18.6 Å². The standard InChI is InChI=1S/C15H21F2NO/c1-18(10-11-4-2-5-11)9-8-14(19)12-6-3-7-13(16)15(12)17/h3,6-7,11,14,19H,2,4-5,8-10H2,1H3. The summed E-state index contributed by atoms with van der Waals surface area (Å²) in [6.07, 6.45) is 3.36. The molecule has 1 aromatic rings. The highest BCUT2D eigenvalue weighted by molar-refractivity contribution is 5.21. The first kappa shape index (κ1) is 14.4. The van der Waals surface area contributed by atoms with Crippen LogP contribution in [-0.2, 0) is 0 Å². The fraction of sp³-hybridized carbons (Fsp3) is 0.600. The molecule has 1 saturated carbocycles. The second-order valence-electron chi connectivity index (χ2n) is 5.51. The van der Waals surface area contributed by atoms with Crippen molar-refractivity contribution in [2.45, 2.75) is 31.8 Å². The minimum Gasteiger partial charge on any atom is -0.388 e. The van der Waals surface area contributed by atoms with Crippen molar-refractivity contribution < 1.29 is 13.9 Å². The molecule has 0 amide bonds. The molecular formula is C15H21F2NO. The lowest BCUT2D eigenvalue weighted by Crippen LogP contribution is -2.30. The Labute approximate surface area is 113 Å². The molecule has 0 aliphatic heterocycles. The van der Waals surface area contributed by atoms with E-state index in [1.807, 2.05) is 7.05 Å². The van der Waals surface area contributed by atoms with Crippen LogP contribution >= 0.6 is 0 Å². The maximum absolute atomic E-state index is 13.5. The van der Waals surface area contributed by atoms with Crippen LogP contribution < -0.4 is 0 Å². The van der Waals surface area contributed by atoms with Gasteiger partial charge in [-0.05, 0) is 38.3 Å². The monoisotopic (exact) mass is 269 g/mol. The zero-order valence-corrected chi connectivity index (χ0v) is 11.3. The van der Waals surface area contributed by atoms with E-state index < -0.39 is 17.7 Å². The Morgan fingerprint density at radius 2 is 2.11 bits per heavy atom. The summed E-state index contributed by atoms with van der Waals surface area (Å²) in [6.45, 7) is 1.71. The Hall–Kier alpha value is -1.00. The molecule has 2 nitrogen and oxygen atoms in total. The molecule has 0 bridgehead atoms. The largest absolute Gasteiger partial charge is 0.388 e. The summed E-state index contributed by atoms with van der Waals surface area (Å²) in [5, 5.41) is 9.95. The minimum atomic E-state index is -0.945. The third-order valence-corrected chi connectivity index (χ3v) is 3.92. The zero-order chi connectivity index (χ0) is 13.8. The molecule has 1 N–H and O–H groups in total. The van der Waals surface area contributed by atoms with Gasteiger partial charge in [-0.2, -0.15) is 0 Å². The highest BCUT2D eigenvalue weighted by Crippen LogP contribution is 2.27. The molecule has 1 unspecified atom stereocenters. The van der Waals surface area contributed by atoms with E-state index in [0.717, 1.165) is 18.5 Å². The highest BCUT2D eigenvalue weighted by atomic mass is 19.2. The Balaban J connectivity index is 1.82. The molecule has 0 radical (unpaired) electrons. The van der Waals surface area contributed by atoms with Crippen LogP contribution in [0, 0.1) is 17.6 Å². The quantitative estimate of drug-likeness (QED) is 0.857. The Kier molecular flexibility index (Phi) is 4.88. The Morgan fingerprint density at radius 3 is 2.74 bits per heavy atom. The number of benzene rings is 1. The van der Waals surface area contributed by atoms with E-state index in [0.29, 0.717) is 13.0 Å². The number of nitrogens with zero attached hydrogens (tertiary/aromatic N) is 1. The van der Waals surface area contributed by atoms with E-state index in [2.05, 4.69) is 4.90 Å². The van der Waals surface area contributed by atoms with Gasteiger partial charge in [0.05, 0.1) is 6.10 Å². The van der Waals surface area contributed by atoms with Gasteiger partial charge in [0.15, 0.2) is 11.6 Å². The molecule has 0 heterocycles. The van der Waals surface area contributed by atoms with Crippen LogP contribution in [0.3, 0.4) is 0 Å². The van der Waals surface area contributed by atoms with Gasteiger partial charge < -0.3 is 10.0 Å². The molecule has 0 aromatic heterocycles. The van der Waals surface area contributed by atoms with E-state index in [-0.39, 0.29) is 5.56 Å². The Morgan fingerprint density at radius 1 is 1.37 bits per heavy atom. The summed E-state index contributed by atoms with van der Waals surface area (Å²) < 4.78 is 26.6. The predicted octanol–water partition coefficient (Wildman–Crippen LogP) is 3.12. The van der Waals surface area contributed by atoms with Crippen LogP contribution in [0.25, 0.3) is 0 Å². The van der Waals surface area contributed by atoms with Gasteiger partial charge in [0, 0.05) is 18.7 Å². The van der Waals surface area contributed by atoms with Crippen molar-refractivity contribution >= 4 is 0 Å². The topological polar surface area (TPSA) is 23.5 Å². The lowest BCUT2D eigenvalue weighted by atomic mass is 9.85. The van der Waals surface area contributed by atoms with Crippen molar-refractivity contribution in [2.75, 3.05) is 20.1 Å². The molecule has 19 heavy (non-hydrogen) atoms. The highest BCUT2D eigenvalue weighted by Gasteiger charge is 2.20. The normalized spacial score (nSPS) is 17.5. The second kappa shape index (κ2) is 6.44. The fourth-order valence-corrected chi connectivity index (χ4v) is 2.48. The molecule has 1 atom stereocenters. The SMILES string of the molecule is CN(CCC(O)c1cccc(F)c1F)CC1CCC1. The van der Waals surface area contributed by atoms with Gasteiger partial charge in [0.2, 0.25) is 0 Å². The third kappa shape index (κ3) is 3.74. The molecule has 2 rings (SSSR count). The molecule has 0 spiro atoms. The van der Waals surface area contributed by atoms with Crippen LogP contribution in [0.4, 0.5) is 8.78 Å². The second-order valence-corrected chi connectivity index (χ2v) is 5.51. The third-order valence-electron chi connectivity index (χ3n) is 3.92. The molecule has 106 valence electrons. The van der Waals surface area contributed by atoms with Crippen molar-refractivity contribution in [1.29, 1.82) is 0 Å². The van der Waals surface area contributed by atoms with Crippen molar-refractivity contribution in [3.05, 3.63) is 35.4 Å². The molecule has 1 aromatic carbocycles. The van der Waals surface area contributed by atoms with Gasteiger partial charge in [0.25, 0.3) is 0 Å². The van der Waals surface area contributed by atoms with Crippen LogP contribution in [0.5, 0.6) is 0 Å². The van der Waals surface area contributed by atoms with Crippen molar-refractivity contribution in [3.63, 3.8) is 0 Å². The van der Waals surface area contributed by atoms with E-state index >= 15 is 0 Å². The number of hydrogen-bond acceptors (Lipinski definition) is 2. The summed E-state index contributed by atoms with van der Waals surface area (Å²) in [6, 6.07) is 3.93. The van der Waals surface area contributed by atoms with Crippen molar-refractivity contribution in [3.8, 4) is 0 Å². The van der Waals surface area contributed by atoms with E-state index in [1.54, 1.807) is 0 Å². The van der Waals surface area contributed by atoms with Crippen LogP contribution in [0.2, 0.25) is 0 Å². The van der Waals surface area contributed by atoms with E-state index in [1.165, 1.54) is 31.4 Å². The molecule has 0 saturated heterocycles. The summed E-state index contributed by atoms with van der Waals surface area (Å²) in [5.74, 6) is -1.07. The minimum absolute atomic E-state index is 0.0528. The number of aliphatic hydroxyl groups excluding tert-OH is 1. The summed E-state index contributed by atoms with van der Waals surface area (Å²) >= 11 is 0. The molecular weight excluding hydrogens is 248 g/mol. The first-order valence-corrected chi connectivity index (χ1v) is 6.88. The van der Waals surface area contributed by atoms with Gasteiger partial charge in [-0.3, -0.25) is 0 Å². The fourth-order valence-electron chi connectivity index (χ4n) is 2.48. The van der Waals surface area contributed by atoms with E-state index in [9.17, 15) is 13.9 Å². The first-order valence-electron chi connectivity index (χ1n) is 6.88. The van der Waals surface area contributed by atoms with Crippen LogP contribution in [0.1, 0.15) is 37.4 Å². The Bertz CT molecular complexity index is 421. The summed E-state index contributed by atoms with van der Waals surface area (Å²) in [5.41, 5.74) is 0.0528. The van der Waals surface area contributed by atoms with Crippen molar-refractivity contribution in [2.24, 2.45) is 5.92 Å². The van der Waals surface area contributed by atoms with E-state index in [4.69, 9.17) is 0 Å². The van der Waals surface area contributed by atoms with Gasteiger partial charge in [-0.25, -0.2) is 8.78 Å². The van der Waals surface area contributed by atoms with Crippen molar-refractivity contribution in [1.82, 2.24) is 4.90 Å². The zero-order valence-electron chi connectivity index (χ0n) is 11.3. The van der Waals surface area contributed by atoms with Gasteiger partial charge in [-0.15, -0.1) is 0 Å². The molecule has 1 aliphatic carbocycles. The lowest BCUT2D eigenvalue weighted by Gasteiger charge is -2.30. The maximum atomic E-state index is 13.5. The summed E-state index contributed by atoms with van der Waals surface area (Å²) in [4.78, 5) is 2.16. The van der Waals surface area contributed by atoms with Gasteiger partial charge >= 0.3 is 0 Å². The van der Waals surface area contributed by atoms with Crippen LogP contribution in [0.15, 0.2) is 18.2 Å². The smallest absolute Gasteiger partial charge is 0.164 e. The average Bonchev–Trinajstić information content (AvgIpc) is 2.34. The molecule has 4 heteroatoms. The van der Waals surface area contributed by atoms with Gasteiger partial charge in [0.1, 0.15) is 0 Å². The number of rotatable bonds is 6. The number of hydrogen-bond donors (Lipinski definition) is 1. The van der Waals surface area contributed by atoms with Crippen LogP contribution in [-0.4, -0.2) is 30.1 Å². The molecule has 1 fully saturated rings. The lowest BCUT2D eigenvalue weighted by molar-refractivity contribution is 0.132.